The summed E-state index contributed by atoms with van der Waals surface area (Å²) in [6, 6.07) is 63.4. The average molecular weight is 747 g/mol. The van der Waals surface area contributed by atoms with E-state index in [-0.39, 0.29) is 11.3 Å². The van der Waals surface area contributed by atoms with Crippen LogP contribution >= 0.6 is 0 Å². The van der Waals surface area contributed by atoms with Gasteiger partial charge in [-0.15, -0.1) is 0 Å². The van der Waals surface area contributed by atoms with Crippen LogP contribution in [-0.2, 0) is 5.41 Å². The lowest BCUT2D eigenvalue weighted by Crippen LogP contribution is -2.34. The first kappa shape index (κ1) is 36.5. The minimum atomic E-state index is -0.209. The molecule has 0 saturated carbocycles. The predicted molar refractivity (Wildman–Crippen MR) is 248 cm³/mol. The van der Waals surface area contributed by atoms with Gasteiger partial charge in [-0.1, -0.05) is 184 Å². The van der Waals surface area contributed by atoms with E-state index in [1.807, 2.05) is 6.08 Å². The maximum absolute atomic E-state index is 3.98. The highest BCUT2D eigenvalue weighted by Gasteiger charge is 2.39. The quantitative estimate of drug-likeness (QED) is 0.138. The smallest absolute Gasteiger partial charge is 0.0540 e. The van der Waals surface area contributed by atoms with Crippen LogP contribution in [0, 0.1) is 5.92 Å². The fraction of sp³-hybridized carbons (Fsp3) is 0.0714. The number of anilines is 5. The Morgan fingerprint density at radius 2 is 1.05 bits per heavy atom. The molecule has 58 heavy (non-hydrogen) atoms. The topological polar surface area (TPSA) is 6.48 Å². The lowest BCUT2D eigenvalue weighted by molar-refractivity contribution is 0.419. The molecule has 0 aromatic heterocycles. The number of fused-ring (bicyclic) bond motifs is 3. The third kappa shape index (κ3) is 6.95. The van der Waals surface area contributed by atoms with Gasteiger partial charge in [-0.05, 0) is 99.5 Å². The van der Waals surface area contributed by atoms with Crippen molar-refractivity contribution in [3.8, 4) is 11.1 Å². The van der Waals surface area contributed by atoms with Gasteiger partial charge < -0.3 is 9.80 Å². The fourth-order valence-corrected chi connectivity index (χ4v) is 8.67. The van der Waals surface area contributed by atoms with Gasteiger partial charge in [-0.25, -0.2) is 0 Å². The molecule has 1 unspecified atom stereocenters. The molecule has 0 radical (unpaired) electrons. The molecule has 0 aliphatic heterocycles. The van der Waals surface area contributed by atoms with Gasteiger partial charge in [0.1, 0.15) is 0 Å². The molecule has 1 atom stereocenters. The van der Waals surface area contributed by atoms with Crippen LogP contribution in [0.4, 0.5) is 28.4 Å². The summed E-state index contributed by atoms with van der Waals surface area (Å²) >= 11 is 0. The Morgan fingerprint density at radius 3 is 1.71 bits per heavy atom. The van der Waals surface area contributed by atoms with E-state index in [2.05, 4.69) is 249 Å². The Balaban J connectivity index is 1.07. The Kier molecular flexibility index (Phi) is 9.91. The van der Waals surface area contributed by atoms with Crippen LogP contribution < -0.4 is 9.80 Å². The molecule has 7 aromatic carbocycles. The maximum atomic E-state index is 3.98. The second-order valence-electron chi connectivity index (χ2n) is 15.5. The number of hydrogen-bond donors (Lipinski definition) is 0. The minimum absolute atomic E-state index is 0.107. The third-order valence-electron chi connectivity index (χ3n) is 11.6. The molecular weight excluding hydrogens is 701 g/mol. The van der Waals surface area contributed by atoms with Gasteiger partial charge in [0, 0.05) is 45.2 Å². The van der Waals surface area contributed by atoms with Gasteiger partial charge in [0.05, 0.1) is 5.69 Å². The largest absolute Gasteiger partial charge is 0.310 e. The standard InChI is InChI=1S/C56H46N2/c1-4-41-29-35-46(36-30-41)56(2,3)55-45-18-12-14-26-52(55)54(28-16-20-45)58(48-23-9-6-10-24-48)50-39-33-43(34-40-50)42-31-37-49(38-32-42)57(47-21-7-5-8-22-47)53-27-15-19-44-17-11-13-25-51(44)53/h4-40,55H,1H2,2-3H3. The van der Waals surface area contributed by atoms with Crippen molar-refractivity contribution >= 4 is 45.3 Å². The highest BCUT2D eigenvalue weighted by atomic mass is 15.2. The summed E-state index contributed by atoms with van der Waals surface area (Å²) in [4.78, 5) is 4.77. The van der Waals surface area contributed by atoms with Crippen molar-refractivity contribution in [2.75, 3.05) is 9.80 Å². The van der Waals surface area contributed by atoms with Crippen LogP contribution in [0.25, 0.3) is 28.0 Å². The Labute approximate surface area is 343 Å². The normalized spacial score (nSPS) is 14.8. The summed E-state index contributed by atoms with van der Waals surface area (Å²) < 4.78 is 0. The molecule has 280 valence electrons. The summed E-state index contributed by atoms with van der Waals surface area (Å²) in [5.41, 5.74) is 13.9. The van der Waals surface area contributed by atoms with Gasteiger partial charge in [-0.2, -0.15) is 0 Å². The molecule has 0 saturated heterocycles. The molecule has 0 fully saturated rings. The number of nitrogens with zero attached hydrogens (tertiary/aromatic N) is 2. The van der Waals surface area contributed by atoms with E-state index in [1.165, 1.54) is 38.6 Å². The molecule has 2 aliphatic carbocycles. The lowest BCUT2D eigenvalue weighted by Gasteiger charge is -2.40. The van der Waals surface area contributed by atoms with Crippen LogP contribution in [0.3, 0.4) is 0 Å². The number of rotatable bonds is 10. The van der Waals surface area contributed by atoms with E-state index >= 15 is 0 Å². The zero-order valence-electron chi connectivity index (χ0n) is 33.0. The van der Waals surface area contributed by atoms with Crippen LogP contribution in [0.2, 0.25) is 0 Å². The number of hydrogen-bond acceptors (Lipinski definition) is 2. The molecule has 9 rings (SSSR count). The fourth-order valence-electron chi connectivity index (χ4n) is 8.67. The van der Waals surface area contributed by atoms with Crippen molar-refractivity contribution in [1.82, 2.24) is 0 Å². The zero-order chi connectivity index (χ0) is 39.5. The summed E-state index contributed by atoms with van der Waals surface area (Å²) in [6.45, 7) is 8.73. The first-order chi connectivity index (χ1) is 28.5. The summed E-state index contributed by atoms with van der Waals surface area (Å²) in [5, 5.41) is 2.44. The predicted octanol–water partition coefficient (Wildman–Crippen LogP) is 15.2. The van der Waals surface area contributed by atoms with E-state index in [4.69, 9.17) is 0 Å². The first-order valence-corrected chi connectivity index (χ1v) is 20.1. The molecule has 7 aromatic rings. The second kappa shape index (κ2) is 15.8. The first-order valence-electron chi connectivity index (χ1n) is 20.1. The van der Waals surface area contributed by atoms with Crippen LogP contribution in [-0.4, -0.2) is 0 Å². The number of allylic oxidation sites excluding steroid dienone is 9. The molecule has 0 spiro atoms. The summed E-state index contributed by atoms with van der Waals surface area (Å²) in [5.74, 6) is 0.107. The monoisotopic (exact) mass is 746 g/mol. The zero-order valence-corrected chi connectivity index (χ0v) is 33.0. The molecule has 2 heteroatoms. The number of para-hydroxylation sites is 2. The van der Waals surface area contributed by atoms with Crippen molar-refractivity contribution < 1.29 is 0 Å². The van der Waals surface area contributed by atoms with Crippen molar-refractivity contribution in [2.45, 2.75) is 19.3 Å². The van der Waals surface area contributed by atoms with Crippen LogP contribution in [0.15, 0.2) is 242 Å². The van der Waals surface area contributed by atoms with Gasteiger partial charge in [0.25, 0.3) is 0 Å². The average Bonchev–Trinajstić information content (AvgIpc) is 3.61. The van der Waals surface area contributed by atoms with E-state index in [0.717, 1.165) is 39.7 Å². The highest BCUT2D eigenvalue weighted by Crippen LogP contribution is 2.48. The van der Waals surface area contributed by atoms with Gasteiger partial charge in [0.15, 0.2) is 0 Å². The maximum Gasteiger partial charge on any atom is 0.0540 e. The summed E-state index contributed by atoms with van der Waals surface area (Å²) in [7, 11) is 0. The van der Waals surface area contributed by atoms with Crippen LogP contribution in [0.5, 0.6) is 0 Å². The Morgan fingerprint density at radius 1 is 0.500 bits per heavy atom. The Hall–Kier alpha value is -7.16. The molecule has 0 N–H and O–H groups in total. The molecule has 2 bridgehead atoms. The second-order valence-corrected chi connectivity index (χ2v) is 15.5. The SMILES string of the molecule is C=Cc1ccc(C(C)(C)C2C3=CC=CC=C2C(N(c2ccccc2)c2ccc(-c4ccc(N(c5ccccc5)c5cccc6ccccc56)cc4)cc2)=CC=C3)cc1. The van der Waals surface area contributed by atoms with Crippen molar-refractivity contribution in [3.63, 3.8) is 0 Å². The van der Waals surface area contributed by atoms with E-state index < -0.39 is 0 Å². The molecule has 0 heterocycles. The van der Waals surface area contributed by atoms with Crippen molar-refractivity contribution in [3.05, 3.63) is 253 Å². The van der Waals surface area contributed by atoms with Crippen molar-refractivity contribution in [2.24, 2.45) is 5.92 Å². The van der Waals surface area contributed by atoms with Crippen molar-refractivity contribution in [1.29, 1.82) is 0 Å². The molecular formula is C56H46N2. The van der Waals surface area contributed by atoms with E-state index in [9.17, 15) is 0 Å². The Bertz CT molecular complexity index is 2720. The van der Waals surface area contributed by atoms with Gasteiger partial charge >= 0.3 is 0 Å². The molecule has 2 aliphatic rings. The van der Waals surface area contributed by atoms with Gasteiger partial charge in [0.2, 0.25) is 0 Å². The number of benzene rings is 7. The summed E-state index contributed by atoms with van der Waals surface area (Å²) in [6.07, 6.45) is 17.6. The van der Waals surface area contributed by atoms with Crippen LogP contribution in [0.1, 0.15) is 25.0 Å². The lowest BCUT2D eigenvalue weighted by atomic mass is 9.66. The molecule has 0 amide bonds. The highest BCUT2D eigenvalue weighted by molar-refractivity contribution is 5.99. The molecule has 2 nitrogen and oxygen atoms in total. The van der Waals surface area contributed by atoms with E-state index in [1.54, 1.807) is 0 Å². The van der Waals surface area contributed by atoms with Gasteiger partial charge in [-0.3, -0.25) is 0 Å². The van der Waals surface area contributed by atoms with E-state index in [0.29, 0.717) is 0 Å². The third-order valence-corrected chi connectivity index (χ3v) is 11.6. The minimum Gasteiger partial charge on any atom is -0.310 e.